The fourth-order valence-electron chi connectivity index (χ4n) is 3.04. The zero-order chi connectivity index (χ0) is 17.2. The second-order valence-corrected chi connectivity index (χ2v) is 6.70. The molecule has 1 heterocycles. The molecule has 1 saturated heterocycles. The Morgan fingerprint density at radius 1 is 1.29 bits per heavy atom. The summed E-state index contributed by atoms with van der Waals surface area (Å²) in [4.78, 5) is 23.8. The number of amides is 2. The molecule has 3 rings (SSSR count). The first-order chi connectivity index (χ1) is 11.5. The van der Waals surface area contributed by atoms with Crippen LogP contribution in [0.1, 0.15) is 31.2 Å². The molecule has 1 aromatic carbocycles. The van der Waals surface area contributed by atoms with Crippen LogP contribution in [-0.4, -0.2) is 36.9 Å². The van der Waals surface area contributed by atoms with E-state index in [1.807, 2.05) is 6.92 Å². The normalized spacial score (nSPS) is 21.8. The first-order valence-electron chi connectivity index (χ1n) is 8.15. The Balaban J connectivity index is 1.46. The number of ether oxygens (including phenoxy) is 2. The fraction of sp³-hybridized carbons (Fsp3) is 0.529. The summed E-state index contributed by atoms with van der Waals surface area (Å²) in [5.41, 5.74) is 1.38. The van der Waals surface area contributed by atoms with Crippen LogP contribution in [0.15, 0.2) is 18.2 Å². The van der Waals surface area contributed by atoms with Crippen LogP contribution in [0.4, 0.5) is 5.69 Å². The van der Waals surface area contributed by atoms with Crippen molar-refractivity contribution < 1.29 is 19.1 Å². The lowest BCUT2D eigenvalue weighted by Crippen LogP contribution is -2.40. The van der Waals surface area contributed by atoms with E-state index in [2.05, 4.69) is 10.6 Å². The van der Waals surface area contributed by atoms with Gasteiger partial charge in [0.05, 0.1) is 6.61 Å². The minimum absolute atomic E-state index is 0.214. The molecule has 7 heteroatoms. The van der Waals surface area contributed by atoms with Crippen molar-refractivity contribution in [2.75, 3.05) is 18.5 Å². The molecule has 0 radical (unpaired) electrons. The molecule has 2 aliphatic rings. The van der Waals surface area contributed by atoms with E-state index in [1.165, 1.54) is 0 Å². The maximum atomic E-state index is 11.9. The average molecular weight is 353 g/mol. The number of carbonyl (C=O) groups excluding carboxylic acids is 2. The smallest absolute Gasteiger partial charge is 0.313 e. The Bertz CT molecular complexity index is 643. The number of aryl methyl sites for hydroxylation is 1. The van der Waals surface area contributed by atoms with Gasteiger partial charge in [0.1, 0.15) is 6.10 Å². The number of halogens is 1. The summed E-state index contributed by atoms with van der Waals surface area (Å²) in [7, 11) is 0. The summed E-state index contributed by atoms with van der Waals surface area (Å²) < 4.78 is 11.6. The van der Waals surface area contributed by atoms with Crippen LogP contribution < -0.4 is 10.6 Å². The summed E-state index contributed by atoms with van der Waals surface area (Å²) in [6.07, 6.45) is 3.77. The van der Waals surface area contributed by atoms with Gasteiger partial charge in [0.2, 0.25) is 0 Å². The van der Waals surface area contributed by atoms with E-state index in [9.17, 15) is 9.59 Å². The fourth-order valence-corrected chi connectivity index (χ4v) is 3.22. The van der Waals surface area contributed by atoms with E-state index in [0.717, 1.165) is 31.2 Å². The topological polar surface area (TPSA) is 76.7 Å². The molecule has 1 spiro atoms. The molecule has 1 aromatic rings. The number of nitrogens with one attached hydrogen (secondary N) is 2. The van der Waals surface area contributed by atoms with Crippen LogP contribution in [0.25, 0.3) is 0 Å². The highest BCUT2D eigenvalue weighted by Gasteiger charge is 2.43. The van der Waals surface area contributed by atoms with E-state index < -0.39 is 17.6 Å². The van der Waals surface area contributed by atoms with Crippen LogP contribution in [0.5, 0.6) is 0 Å². The van der Waals surface area contributed by atoms with Crippen molar-refractivity contribution in [1.29, 1.82) is 0 Å². The lowest BCUT2D eigenvalue weighted by atomic mass is 10.2. The van der Waals surface area contributed by atoms with Crippen LogP contribution in [0.2, 0.25) is 5.02 Å². The molecule has 0 aromatic heterocycles. The molecule has 1 saturated carbocycles. The molecule has 24 heavy (non-hydrogen) atoms. The van der Waals surface area contributed by atoms with Crippen molar-refractivity contribution in [2.24, 2.45) is 0 Å². The van der Waals surface area contributed by atoms with E-state index in [1.54, 1.807) is 18.2 Å². The van der Waals surface area contributed by atoms with Crippen LogP contribution >= 0.6 is 11.6 Å². The van der Waals surface area contributed by atoms with Gasteiger partial charge in [-0.15, -0.1) is 0 Å². The number of anilines is 1. The molecule has 2 amide bonds. The van der Waals surface area contributed by atoms with Crippen molar-refractivity contribution in [3.63, 3.8) is 0 Å². The van der Waals surface area contributed by atoms with Crippen molar-refractivity contribution in [3.8, 4) is 0 Å². The van der Waals surface area contributed by atoms with E-state index in [-0.39, 0.29) is 12.6 Å². The van der Waals surface area contributed by atoms with Gasteiger partial charge in [-0.25, -0.2) is 0 Å². The second kappa shape index (κ2) is 7.09. The SMILES string of the molecule is Cc1ccc(NC(=O)C(=O)NC[C@@H]2COC3(CCCC3)O2)cc1Cl. The lowest BCUT2D eigenvalue weighted by Gasteiger charge is -2.21. The number of carbonyl (C=O) groups is 2. The zero-order valence-electron chi connectivity index (χ0n) is 13.6. The Morgan fingerprint density at radius 2 is 2.04 bits per heavy atom. The maximum Gasteiger partial charge on any atom is 0.313 e. The summed E-state index contributed by atoms with van der Waals surface area (Å²) in [5.74, 6) is -1.90. The van der Waals surface area contributed by atoms with Gasteiger partial charge in [0.25, 0.3) is 0 Å². The van der Waals surface area contributed by atoms with E-state index >= 15 is 0 Å². The van der Waals surface area contributed by atoms with Crippen molar-refractivity contribution in [1.82, 2.24) is 5.32 Å². The average Bonchev–Trinajstić information content (AvgIpc) is 3.19. The maximum absolute atomic E-state index is 11.9. The molecule has 130 valence electrons. The van der Waals surface area contributed by atoms with Gasteiger partial charge >= 0.3 is 11.8 Å². The van der Waals surface area contributed by atoms with Gasteiger partial charge in [0, 0.05) is 30.1 Å². The Labute approximate surface area is 145 Å². The first-order valence-corrected chi connectivity index (χ1v) is 8.52. The lowest BCUT2D eigenvalue weighted by molar-refractivity contribution is -0.161. The van der Waals surface area contributed by atoms with E-state index in [4.69, 9.17) is 21.1 Å². The zero-order valence-corrected chi connectivity index (χ0v) is 14.3. The first kappa shape index (κ1) is 17.2. The number of hydrogen-bond donors (Lipinski definition) is 2. The van der Waals surface area contributed by atoms with Crippen LogP contribution in [-0.2, 0) is 19.1 Å². The monoisotopic (exact) mass is 352 g/mol. The minimum Gasteiger partial charge on any atom is -0.347 e. The predicted octanol–water partition coefficient (Wildman–Crippen LogP) is 2.39. The number of rotatable bonds is 3. The summed E-state index contributed by atoms with van der Waals surface area (Å²) in [5, 5.41) is 5.65. The molecular formula is C17H21ClN2O4. The molecule has 0 unspecified atom stereocenters. The number of hydrogen-bond acceptors (Lipinski definition) is 4. The summed E-state index contributed by atoms with van der Waals surface area (Å²) >= 11 is 6.00. The minimum atomic E-state index is -0.732. The molecule has 1 atom stereocenters. The van der Waals surface area contributed by atoms with Gasteiger partial charge in [0.15, 0.2) is 5.79 Å². The predicted molar refractivity (Wildman–Crippen MR) is 89.9 cm³/mol. The molecule has 6 nitrogen and oxygen atoms in total. The Morgan fingerprint density at radius 3 is 2.75 bits per heavy atom. The second-order valence-electron chi connectivity index (χ2n) is 6.30. The standard InChI is InChI=1S/C17H21ClN2O4/c1-11-4-5-12(8-14(11)18)20-16(22)15(21)19-9-13-10-23-17(24-13)6-2-3-7-17/h4-5,8,13H,2-3,6-7,9-10H2,1H3,(H,19,21)(H,20,22)/t13-/m1/s1. The molecule has 2 N–H and O–H groups in total. The molecule has 2 fully saturated rings. The van der Waals surface area contributed by atoms with Gasteiger partial charge in [-0.3, -0.25) is 9.59 Å². The Hall–Kier alpha value is -1.63. The highest BCUT2D eigenvalue weighted by molar-refractivity contribution is 6.39. The molecule has 1 aliphatic heterocycles. The van der Waals surface area contributed by atoms with Gasteiger partial charge in [-0.2, -0.15) is 0 Å². The van der Waals surface area contributed by atoms with E-state index in [0.29, 0.717) is 17.3 Å². The quantitative estimate of drug-likeness (QED) is 0.819. The van der Waals surface area contributed by atoms with Crippen molar-refractivity contribution in [3.05, 3.63) is 28.8 Å². The molecular weight excluding hydrogens is 332 g/mol. The van der Waals surface area contributed by atoms with Crippen LogP contribution in [0.3, 0.4) is 0 Å². The third-order valence-electron chi connectivity index (χ3n) is 4.41. The highest BCUT2D eigenvalue weighted by Crippen LogP contribution is 2.38. The third-order valence-corrected chi connectivity index (χ3v) is 4.81. The number of benzene rings is 1. The van der Waals surface area contributed by atoms with Crippen molar-refractivity contribution in [2.45, 2.75) is 44.5 Å². The van der Waals surface area contributed by atoms with Gasteiger partial charge in [-0.05, 0) is 37.5 Å². The third kappa shape index (κ3) is 3.88. The largest absolute Gasteiger partial charge is 0.347 e. The highest BCUT2D eigenvalue weighted by atomic mass is 35.5. The summed E-state index contributed by atoms with van der Waals surface area (Å²) in [6, 6.07) is 5.09. The van der Waals surface area contributed by atoms with Crippen molar-refractivity contribution >= 4 is 29.1 Å². The summed E-state index contributed by atoms with van der Waals surface area (Å²) in [6.45, 7) is 2.56. The molecule has 1 aliphatic carbocycles. The molecule has 0 bridgehead atoms. The van der Waals surface area contributed by atoms with Gasteiger partial charge in [-0.1, -0.05) is 17.7 Å². The Kier molecular flexibility index (Phi) is 5.08. The van der Waals surface area contributed by atoms with Crippen LogP contribution in [0, 0.1) is 6.92 Å². The van der Waals surface area contributed by atoms with Gasteiger partial charge < -0.3 is 20.1 Å².